The molecular weight excluding hydrogens is 409 g/mol. The molecule has 2 aromatic heterocycles. The van der Waals surface area contributed by atoms with Crippen LogP contribution in [0.3, 0.4) is 0 Å². The lowest BCUT2D eigenvalue weighted by Gasteiger charge is -2.17. The van der Waals surface area contributed by atoms with E-state index in [1.54, 1.807) is 30.5 Å². The van der Waals surface area contributed by atoms with Crippen LogP contribution in [0.15, 0.2) is 36.7 Å². The highest BCUT2D eigenvalue weighted by Crippen LogP contribution is 2.26. The first-order valence-electron chi connectivity index (χ1n) is 10.8. The van der Waals surface area contributed by atoms with Gasteiger partial charge in [0.2, 0.25) is 5.95 Å². The molecule has 3 aromatic rings. The SMILES string of the molecule is CN[C@@H]1CCN(C(=O)c2ccc(Nc3ncc(F)c(-c4cnc(C)n4C(C)C)n3)cc2)C1. The molecule has 1 aliphatic rings. The van der Waals surface area contributed by atoms with Gasteiger partial charge in [-0.1, -0.05) is 0 Å². The van der Waals surface area contributed by atoms with Crippen molar-refractivity contribution >= 4 is 17.5 Å². The van der Waals surface area contributed by atoms with Gasteiger partial charge < -0.3 is 20.1 Å². The molecular formula is C23H28FN7O. The summed E-state index contributed by atoms with van der Waals surface area (Å²) in [7, 11) is 1.92. The Morgan fingerprint density at radius 3 is 2.59 bits per heavy atom. The van der Waals surface area contributed by atoms with Crippen molar-refractivity contribution in [2.45, 2.75) is 39.3 Å². The van der Waals surface area contributed by atoms with Crippen LogP contribution in [-0.4, -0.2) is 56.5 Å². The molecule has 32 heavy (non-hydrogen) atoms. The van der Waals surface area contributed by atoms with E-state index in [0.29, 0.717) is 29.5 Å². The number of imidazole rings is 1. The van der Waals surface area contributed by atoms with Gasteiger partial charge in [0.1, 0.15) is 11.5 Å². The van der Waals surface area contributed by atoms with E-state index in [1.807, 2.05) is 37.3 Å². The minimum atomic E-state index is -0.510. The van der Waals surface area contributed by atoms with E-state index in [2.05, 4.69) is 25.6 Å². The second-order valence-electron chi connectivity index (χ2n) is 8.27. The monoisotopic (exact) mass is 437 g/mol. The quantitative estimate of drug-likeness (QED) is 0.613. The number of carbonyl (C=O) groups is 1. The molecule has 4 rings (SSSR count). The molecule has 1 aliphatic heterocycles. The summed E-state index contributed by atoms with van der Waals surface area (Å²) < 4.78 is 16.5. The van der Waals surface area contributed by atoms with Crippen LogP contribution in [-0.2, 0) is 0 Å². The third-order valence-electron chi connectivity index (χ3n) is 5.76. The van der Waals surface area contributed by atoms with Crippen molar-refractivity contribution in [3.8, 4) is 11.4 Å². The largest absolute Gasteiger partial charge is 0.337 e. The Balaban J connectivity index is 1.52. The molecule has 0 aliphatic carbocycles. The Morgan fingerprint density at radius 2 is 1.94 bits per heavy atom. The molecule has 3 heterocycles. The summed E-state index contributed by atoms with van der Waals surface area (Å²) in [6, 6.07) is 7.61. The maximum Gasteiger partial charge on any atom is 0.253 e. The molecule has 1 amide bonds. The summed E-state index contributed by atoms with van der Waals surface area (Å²) in [5.41, 5.74) is 2.13. The molecule has 0 unspecified atom stereocenters. The number of nitrogens with one attached hydrogen (secondary N) is 2. The van der Waals surface area contributed by atoms with Gasteiger partial charge in [0, 0.05) is 36.4 Å². The molecule has 1 aromatic carbocycles. The third kappa shape index (κ3) is 4.34. The average molecular weight is 438 g/mol. The molecule has 1 atom stereocenters. The van der Waals surface area contributed by atoms with Crippen LogP contribution in [0.4, 0.5) is 16.0 Å². The summed E-state index contributed by atoms with van der Waals surface area (Å²) in [5, 5.41) is 6.31. The Hall–Kier alpha value is -3.33. The minimum Gasteiger partial charge on any atom is -0.337 e. The number of likely N-dealkylation sites (tertiary alicyclic amines) is 1. The fourth-order valence-electron chi connectivity index (χ4n) is 4.08. The van der Waals surface area contributed by atoms with Gasteiger partial charge in [0.25, 0.3) is 5.91 Å². The molecule has 0 spiro atoms. The molecule has 9 heteroatoms. The number of halogens is 1. The highest BCUT2D eigenvalue weighted by Gasteiger charge is 2.25. The predicted octanol–water partition coefficient (Wildman–Crippen LogP) is 3.55. The highest BCUT2D eigenvalue weighted by atomic mass is 19.1. The summed E-state index contributed by atoms with van der Waals surface area (Å²) in [4.78, 5) is 27.3. The number of likely N-dealkylation sites (N-methyl/N-ethyl adjacent to an activating group) is 1. The van der Waals surface area contributed by atoms with E-state index in [0.717, 1.165) is 25.0 Å². The minimum absolute atomic E-state index is 0.0203. The topological polar surface area (TPSA) is 88.0 Å². The number of rotatable bonds is 6. The van der Waals surface area contributed by atoms with E-state index in [9.17, 15) is 9.18 Å². The zero-order chi connectivity index (χ0) is 22.8. The predicted molar refractivity (Wildman–Crippen MR) is 121 cm³/mol. The number of nitrogens with zero attached hydrogens (tertiary/aromatic N) is 5. The zero-order valence-electron chi connectivity index (χ0n) is 18.8. The number of benzene rings is 1. The van der Waals surface area contributed by atoms with E-state index in [1.165, 1.54) is 0 Å². The number of hydrogen-bond acceptors (Lipinski definition) is 6. The first-order chi connectivity index (χ1) is 15.4. The first kappa shape index (κ1) is 21.9. The van der Waals surface area contributed by atoms with Crippen molar-refractivity contribution < 1.29 is 9.18 Å². The Labute approximate surface area is 186 Å². The molecule has 1 fully saturated rings. The van der Waals surface area contributed by atoms with Crippen LogP contribution >= 0.6 is 0 Å². The Morgan fingerprint density at radius 1 is 1.19 bits per heavy atom. The Kier molecular flexibility index (Phi) is 6.18. The maximum atomic E-state index is 14.5. The van der Waals surface area contributed by atoms with Crippen molar-refractivity contribution in [3.05, 3.63) is 53.9 Å². The lowest BCUT2D eigenvalue weighted by atomic mass is 10.2. The summed E-state index contributed by atoms with van der Waals surface area (Å²) in [5.74, 6) is 0.573. The van der Waals surface area contributed by atoms with Gasteiger partial charge in [0.15, 0.2) is 5.82 Å². The van der Waals surface area contributed by atoms with Gasteiger partial charge in [-0.25, -0.2) is 19.3 Å². The zero-order valence-corrected chi connectivity index (χ0v) is 18.8. The normalized spacial score (nSPS) is 16.1. The van der Waals surface area contributed by atoms with Crippen LogP contribution in [0.2, 0.25) is 0 Å². The number of hydrogen-bond donors (Lipinski definition) is 2. The van der Waals surface area contributed by atoms with Crippen molar-refractivity contribution in [3.63, 3.8) is 0 Å². The van der Waals surface area contributed by atoms with Crippen LogP contribution in [0.25, 0.3) is 11.4 Å². The van der Waals surface area contributed by atoms with Gasteiger partial charge in [-0.2, -0.15) is 0 Å². The molecule has 0 saturated carbocycles. The fourth-order valence-corrected chi connectivity index (χ4v) is 4.08. The number of anilines is 2. The summed E-state index contributed by atoms with van der Waals surface area (Å²) >= 11 is 0. The third-order valence-corrected chi connectivity index (χ3v) is 5.76. The van der Waals surface area contributed by atoms with E-state index >= 15 is 0 Å². The molecule has 1 saturated heterocycles. The highest BCUT2D eigenvalue weighted by molar-refractivity contribution is 5.94. The van der Waals surface area contributed by atoms with Gasteiger partial charge in [-0.05, 0) is 58.5 Å². The molecule has 168 valence electrons. The van der Waals surface area contributed by atoms with Gasteiger partial charge in [0.05, 0.1) is 18.1 Å². The number of aromatic nitrogens is 4. The smallest absolute Gasteiger partial charge is 0.253 e. The fraction of sp³-hybridized carbons (Fsp3) is 0.391. The van der Waals surface area contributed by atoms with E-state index < -0.39 is 5.82 Å². The second kappa shape index (κ2) is 9.04. The van der Waals surface area contributed by atoms with Gasteiger partial charge >= 0.3 is 0 Å². The lowest BCUT2D eigenvalue weighted by Crippen LogP contribution is -2.33. The summed E-state index contributed by atoms with van der Waals surface area (Å²) in [6.45, 7) is 7.38. The molecule has 2 N–H and O–H groups in total. The van der Waals surface area contributed by atoms with Crippen LogP contribution < -0.4 is 10.6 Å². The van der Waals surface area contributed by atoms with Crippen LogP contribution in [0.1, 0.15) is 42.5 Å². The average Bonchev–Trinajstić information content (AvgIpc) is 3.42. The van der Waals surface area contributed by atoms with Crippen molar-refractivity contribution in [2.75, 3.05) is 25.5 Å². The summed E-state index contributed by atoms with van der Waals surface area (Å²) in [6.07, 6.45) is 3.74. The van der Waals surface area contributed by atoms with Gasteiger partial charge in [-0.3, -0.25) is 4.79 Å². The van der Waals surface area contributed by atoms with Crippen molar-refractivity contribution in [1.82, 2.24) is 29.7 Å². The first-order valence-corrected chi connectivity index (χ1v) is 10.8. The number of carbonyl (C=O) groups excluding carboxylic acids is 1. The maximum absolute atomic E-state index is 14.5. The van der Waals surface area contributed by atoms with Crippen LogP contribution in [0.5, 0.6) is 0 Å². The van der Waals surface area contributed by atoms with Gasteiger partial charge in [-0.15, -0.1) is 0 Å². The lowest BCUT2D eigenvalue weighted by molar-refractivity contribution is 0.0789. The Bertz CT molecular complexity index is 1110. The standard InChI is InChI=1S/C23H28FN7O/c1-14(2)31-15(3)26-12-20(31)21-19(24)11-27-23(29-21)28-17-7-5-16(6-8-17)22(32)30-10-9-18(13-30)25-4/h5-8,11-12,14,18,25H,9-10,13H2,1-4H3,(H,27,28,29)/t18-/m1/s1. The van der Waals surface area contributed by atoms with E-state index in [-0.39, 0.29) is 23.6 Å². The molecule has 0 radical (unpaired) electrons. The molecule has 0 bridgehead atoms. The van der Waals surface area contributed by atoms with Crippen molar-refractivity contribution in [2.24, 2.45) is 0 Å². The number of aryl methyl sites for hydroxylation is 1. The number of amides is 1. The van der Waals surface area contributed by atoms with Crippen LogP contribution in [0, 0.1) is 12.7 Å². The van der Waals surface area contributed by atoms with E-state index in [4.69, 9.17) is 0 Å². The second-order valence-corrected chi connectivity index (χ2v) is 8.27. The van der Waals surface area contributed by atoms with Crippen molar-refractivity contribution in [1.29, 1.82) is 0 Å². The molecule has 8 nitrogen and oxygen atoms in total.